The molecule has 70 valence electrons. The van der Waals surface area contributed by atoms with Crippen molar-refractivity contribution in [3.8, 4) is 0 Å². The molecule has 0 amide bonds. The second-order valence-corrected chi connectivity index (χ2v) is 3.71. The maximum absolute atomic E-state index is 9.47. The molecule has 0 bridgehead atoms. The standard InChI is InChI=1S/C9H16O3/c10-8-3-6-12-9(7-8)4-1-2-5-11-9/h8,10H,1-7H2/t8-,9-/m0/s1. The van der Waals surface area contributed by atoms with E-state index in [0.717, 1.165) is 32.3 Å². The van der Waals surface area contributed by atoms with Crippen molar-refractivity contribution in [2.75, 3.05) is 13.2 Å². The van der Waals surface area contributed by atoms with Crippen LogP contribution in [0.15, 0.2) is 0 Å². The first-order valence-corrected chi connectivity index (χ1v) is 4.77. The van der Waals surface area contributed by atoms with Crippen LogP contribution in [-0.2, 0) is 9.47 Å². The minimum Gasteiger partial charge on any atom is -0.393 e. The predicted molar refractivity (Wildman–Crippen MR) is 43.7 cm³/mol. The molecule has 2 atom stereocenters. The van der Waals surface area contributed by atoms with Crippen molar-refractivity contribution in [3.63, 3.8) is 0 Å². The molecule has 2 rings (SSSR count). The van der Waals surface area contributed by atoms with Crippen LogP contribution >= 0.6 is 0 Å². The van der Waals surface area contributed by atoms with Crippen LogP contribution in [0.2, 0.25) is 0 Å². The van der Waals surface area contributed by atoms with Crippen molar-refractivity contribution in [1.82, 2.24) is 0 Å². The Kier molecular flexibility index (Phi) is 2.35. The minimum absolute atomic E-state index is 0.225. The molecule has 3 nitrogen and oxygen atoms in total. The highest BCUT2D eigenvalue weighted by Crippen LogP contribution is 2.34. The van der Waals surface area contributed by atoms with Crippen LogP contribution in [0.5, 0.6) is 0 Å². The Bertz CT molecular complexity index is 146. The van der Waals surface area contributed by atoms with Crippen molar-refractivity contribution >= 4 is 0 Å². The van der Waals surface area contributed by atoms with Crippen molar-refractivity contribution in [2.24, 2.45) is 0 Å². The summed E-state index contributed by atoms with van der Waals surface area (Å²) in [5.41, 5.74) is 0. The van der Waals surface area contributed by atoms with E-state index in [2.05, 4.69) is 0 Å². The van der Waals surface area contributed by atoms with Crippen LogP contribution < -0.4 is 0 Å². The lowest BCUT2D eigenvalue weighted by molar-refractivity contribution is -0.286. The highest BCUT2D eigenvalue weighted by atomic mass is 16.7. The topological polar surface area (TPSA) is 38.7 Å². The summed E-state index contributed by atoms with van der Waals surface area (Å²) in [6.45, 7) is 1.42. The molecular weight excluding hydrogens is 156 g/mol. The molecular formula is C9H16O3. The molecule has 2 fully saturated rings. The fourth-order valence-electron chi connectivity index (χ4n) is 2.00. The molecule has 0 aromatic rings. The highest BCUT2D eigenvalue weighted by molar-refractivity contribution is 4.81. The van der Waals surface area contributed by atoms with Crippen molar-refractivity contribution in [3.05, 3.63) is 0 Å². The third kappa shape index (κ3) is 1.63. The van der Waals surface area contributed by atoms with Crippen LogP contribution in [0.3, 0.4) is 0 Å². The fourth-order valence-corrected chi connectivity index (χ4v) is 2.00. The van der Waals surface area contributed by atoms with Crippen LogP contribution in [0, 0.1) is 0 Å². The molecule has 0 unspecified atom stereocenters. The van der Waals surface area contributed by atoms with Crippen LogP contribution in [-0.4, -0.2) is 30.2 Å². The van der Waals surface area contributed by atoms with Crippen LogP contribution in [0.4, 0.5) is 0 Å². The van der Waals surface area contributed by atoms with Gasteiger partial charge < -0.3 is 14.6 Å². The summed E-state index contributed by atoms with van der Waals surface area (Å²) in [4.78, 5) is 0. The summed E-state index contributed by atoms with van der Waals surface area (Å²) >= 11 is 0. The van der Waals surface area contributed by atoms with Gasteiger partial charge in [-0.1, -0.05) is 0 Å². The zero-order valence-electron chi connectivity index (χ0n) is 7.29. The van der Waals surface area contributed by atoms with Gasteiger partial charge in [-0.05, 0) is 19.3 Å². The lowest BCUT2D eigenvalue weighted by atomic mass is 9.96. The molecule has 0 aromatic carbocycles. The quantitative estimate of drug-likeness (QED) is 0.593. The Morgan fingerprint density at radius 1 is 1.17 bits per heavy atom. The molecule has 2 aliphatic rings. The van der Waals surface area contributed by atoms with Crippen molar-refractivity contribution in [2.45, 2.75) is 44.0 Å². The summed E-state index contributed by atoms with van der Waals surface area (Å²) in [6, 6.07) is 0. The van der Waals surface area contributed by atoms with E-state index >= 15 is 0 Å². The number of ether oxygens (including phenoxy) is 2. The molecule has 1 N–H and O–H groups in total. The zero-order valence-corrected chi connectivity index (χ0v) is 7.29. The van der Waals surface area contributed by atoms with E-state index in [1.807, 2.05) is 0 Å². The van der Waals surface area contributed by atoms with Gasteiger partial charge in [0.2, 0.25) is 0 Å². The van der Waals surface area contributed by atoms with E-state index in [9.17, 15) is 5.11 Å². The molecule has 2 saturated heterocycles. The predicted octanol–water partition coefficient (Wildman–Crippen LogP) is 1.05. The molecule has 0 saturated carbocycles. The summed E-state index contributed by atoms with van der Waals surface area (Å²) < 4.78 is 11.2. The van der Waals surface area contributed by atoms with Gasteiger partial charge in [-0.15, -0.1) is 0 Å². The summed E-state index contributed by atoms with van der Waals surface area (Å²) in [5.74, 6) is -0.421. The second kappa shape index (κ2) is 3.32. The number of rotatable bonds is 0. The average molecular weight is 172 g/mol. The molecule has 2 heterocycles. The minimum atomic E-state index is -0.421. The third-order valence-electron chi connectivity index (χ3n) is 2.68. The van der Waals surface area contributed by atoms with Gasteiger partial charge in [0.25, 0.3) is 0 Å². The van der Waals surface area contributed by atoms with Crippen LogP contribution in [0.25, 0.3) is 0 Å². The van der Waals surface area contributed by atoms with Gasteiger partial charge in [0.1, 0.15) is 0 Å². The van der Waals surface area contributed by atoms with E-state index in [0.29, 0.717) is 13.0 Å². The van der Waals surface area contributed by atoms with Crippen LogP contribution in [0.1, 0.15) is 32.1 Å². The highest BCUT2D eigenvalue weighted by Gasteiger charge is 2.39. The first-order chi connectivity index (χ1) is 5.81. The van der Waals surface area contributed by atoms with Gasteiger partial charge >= 0.3 is 0 Å². The Hall–Kier alpha value is -0.120. The third-order valence-corrected chi connectivity index (χ3v) is 2.68. The maximum atomic E-state index is 9.47. The number of hydrogen-bond acceptors (Lipinski definition) is 3. The normalized spacial score (nSPS) is 43.2. The van der Waals surface area contributed by atoms with Crippen molar-refractivity contribution < 1.29 is 14.6 Å². The molecule has 0 radical (unpaired) electrons. The lowest BCUT2D eigenvalue weighted by Crippen LogP contribution is -2.46. The summed E-state index contributed by atoms with van der Waals surface area (Å²) in [6.07, 6.45) is 4.42. The van der Waals surface area contributed by atoms with Gasteiger partial charge in [-0.2, -0.15) is 0 Å². The lowest BCUT2D eigenvalue weighted by Gasteiger charge is -2.41. The number of aliphatic hydroxyl groups is 1. The molecule has 0 aromatic heterocycles. The number of aliphatic hydroxyl groups excluding tert-OH is 1. The molecule has 2 aliphatic heterocycles. The largest absolute Gasteiger partial charge is 0.393 e. The first-order valence-electron chi connectivity index (χ1n) is 4.77. The van der Waals surface area contributed by atoms with E-state index in [-0.39, 0.29) is 6.10 Å². The van der Waals surface area contributed by atoms with E-state index in [1.165, 1.54) is 0 Å². The van der Waals surface area contributed by atoms with E-state index in [4.69, 9.17) is 9.47 Å². The van der Waals surface area contributed by atoms with Gasteiger partial charge in [0, 0.05) is 12.8 Å². The van der Waals surface area contributed by atoms with Gasteiger partial charge in [-0.3, -0.25) is 0 Å². The SMILES string of the molecule is O[C@H]1CCO[C@@]2(CCCCO2)C1. The molecule has 1 spiro atoms. The summed E-state index contributed by atoms with van der Waals surface area (Å²) in [5, 5.41) is 9.47. The monoisotopic (exact) mass is 172 g/mol. The van der Waals surface area contributed by atoms with Gasteiger partial charge in [-0.25, -0.2) is 0 Å². The van der Waals surface area contributed by atoms with Gasteiger partial charge in [0.15, 0.2) is 5.79 Å². The smallest absolute Gasteiger partial charge is 0.170 e. The number of hydrogen-bond donors (Lipinski definition) is 1. The second-order valence-electron chi connectivity index (χ2n) is 3.71. The Morgan fingerprint density at radius 2 is 2.00 bits per heavy atom. The molecule has 3 heteroatoms. The van der Waals surface area contributed by atoms with Crippen molar-refractivity contribution in [1.29, 1.82) is 0 Å². The Balaban J connectivity index is 1.97. The Labute approximate surface area is 72.7 Å². The van der Waals surface area contributed by atoms with Gasteiger partial charge in [0.05, 0.1) is 19.3 Å². The molecule has 0 aliphatic carbocycles. The Morgan fingerprint density at radius 3 is 2.67 bits per heavy atom. The first kappa shape index (κ1) is 8.48. The average Bonchev–Trinajstić information content (AvgIpc) is 2.05. The van der Waals surface area contributed by atoms with E-state index < -0.39 is 5.79 Å². The fraction of sp³-hybridized carbons (Fsp3) is 1.00. The van der Waals surface area contributed by atoms with E-state index in [1.54, 1.807) is 0 Å². The zero-order chi connectivity index (χ0) is 8.44. The molecule has 12 heavy (non-hydrogen) atoms. The summed E-state index contributed by atoms with van der Waals surface area (Å²) in [7, 11) is 0. The maximum Gasteiger partial charge on any atom is 0.170 e.